The van der Waals surface area contributed by atoms with E-state index in [1.165, 1.54) is 18.2 Å². The van der Waals surface area contributed by atoms with Crippen molar-refractivity contribution in [3.05, 3.63) is 73.2 Å². The van der Waals surface area contributed by atoms with Crippen molar-refractivity contribution in [1.29, 1.82) is 0 Å². The predicted molar refractivity (Wildman–Crippen MR) is 157 cm³/mol. The zero-order valence-corrected chi connectivity index (χ0v) is 23.8. The summed E-state index contributed by atoms with van der Waals surface area (Å²) in [4.78, 5) is 14.9. The largest absolute Gasteiger partial charge is 0.433 e. The molecule has 0 aliphatic carbocycles. The molecule has 0 saturated carbocycles. The van der Waals surface area contributed by atoms with Crippen LogP contribution in [0.4, 0.5) is 20.3 Å². The molecule has 2 N–H and O–H groups in total. The summed E-state index contributed by atoms with van der Waals surface area (Å²) in [6.45, 7) is 10.7. The maximum absolute atomic E-state index is 13.1. The molecule has 0 aliphatic heterocycles. The van der Waals surface area contributed by atoms with Crippen LogP contribution >= 0.6 is 0 Å². The number of nitrogens with one attached hydrogen (secondary N) is 1. The summed E-state index contributed by atoms with van der Waals surface area (Å²) in [6, 6.07) is 8.31. The molecule has 1 aromatic carbocycles. The highest BCUT2D eigenvalue weighted by Gasteiger charge is 2.23. The Labute approximate surface area is 235 Å². The monoisotopic (exact) mass is 554 g/mol. The molecule has 0 saturated heterocycles. The van der Waals surface area contributed by atoms with Crippen LogP contribution < -0.4 is 10.1 Å². The fourth-order valence-electron chi connectivity index (χ4n) is 3.89. The second-order valence-corrected chi connectivity index (χ2v) is 9.15. The van der Waals surface area contributed by atoms with Crippen LogP contribution in [0.25, 0.3) is 16.7 Å². The van der Waals surface area contributed by atoms with Crippen molar-refractivity contribution in [2.24, 2.45) is 0 Å². The molecule has 0 unspecified atom stereocenters. The maximum Gasteiger partial charge on any atom is 0.394 e. The van der Waals surface area contributed by atoms with Gasteiger partial charge in [0.25, 0.3) is 0 Å². The number of pyridine rings is 1. The van der Waals surface area contributed by atoms with Gasteiger partial charge in [-0.3, -0.25) is 9.48 Å². The first kappa shape index (κ1) is 32.4. The van der Waals surface area contributed by atoms with Gasteiger partial charge in [0.1, 0.15) is 11.6 Å². The van der Waals surface area contributed by atoms with Crippen molar-refractivity contribution >= 4 is 22.9 Å². The zero-order valence-electron chi connectivity index (χ0n) is 23.8. The number of hydrogen-bond acceptors (Lipinski definition) is 6. The first-order valence-electron chi connectivity index (χ1n) is 13.6. The molecule has 9 heteroatoms. The highest BCUT2D eigenvalue weighted by molar-refractivity contribution is 5.89. The number of hydrogen-bond donors (Lipinski definition) is 2. The van der Waals surface area contributed by atoms with Crippen molar-refractivity contribution < 1.29 is 23.4 Å². The number of alkyl halides is 2. The normalized spacial score (nSPS) is 11.4. The fraction of sp³-hybridized carbons (Fsp3) is 0.387. The van der Waals surface area contributed by atoms with Crippen LogP contribution in [0.15, 0.2) is 67.7 Å². The lowest BCUT2D eigenvalue weighted by molar-refractivity contribution is -0.158. The number of allylic oxidation sites excluding steroid dienone is 3. The van der Waals surface area contributed by atoms with Crippen LogP contribution in [0.2, 0.25) is 0 Å². The van der Waals surface area contributed by atoms with Crippen LogP contribution in [0, 0.1) is 0 Å². The van der Waals surface area contributed by atoms with Crippen LogP contribution in [0.5, 0.6) is 5.75 Å². The van der Waals surface area contributed by atoms with Gasteiger partial charge in [0.2, 0.25) is 0 Å². The number of nitrogens with zero attached hydrogens (tertiary/aromatic N) is 3. The number of carbonyl (C=O) groups excluding carboxylic acids is 1. The third-order valence-corrected chi connectivity index (χ3v) is 5.74. The quantitative estimate of drug-likeness (QED) is 0.198. The van der Waals surface area contributed by atoms with Crippen molar-refractivity contribution in [1.82, 2.24) is 14.8 Å². The molecule has 40 heavy (non-hydrogen) atoms. The van der Waals surface area contributed by atoms with Gasteiger partial charge in [0.15, 0.2) is 5.78 Å². The van der Waals surface area contributed by atoms with Gasteiger partial charge in [-0.25, -0.2) is 4.98 Å². The Hall–Kier alpha value is -3.85. The van der Waals surface area contributed by atoms with E-state index in [9.17, 15) is 18.7 Å². The van der Waals surface area contributed by atoms with E-state index in [4.69, 9.17) is 0 Å². The third kappa shape index (κ3) is 10.4. The number of ketones is 1. The van der Waals surface area contributed by atoms with Gasteiger partial charge in [0, 0.05) is 42.6 Å². The maximum atomic E-state index is 13.1. The number of rotatable bonds is 14. The van der Waals surface area contributed by atoms with Crippen molar-refractivity contribution in [2.75, 3.05) is 11.9 Å². The molecule has 0 fully saturated rings. The first-order chi connectivity index (χ1) is 19.1. The van der Waals surface area contributed by atoms with Gasteiger partial charge >= 0.3 is 6.11 Å². The Balaban J connectivity index is 0.000000708. The van der Waals surface area contributed by atoms with E-state index in [0.717, 1.165) is 47.9 Å². The molecule has 0 atom stereocenters. The molecule has 0 spiro atoms. The Morgan fingerprint density at radius 3 is 2.45 bits per heavy atom. The van der Waals surface area contributed by atoms with Crippen molar-refractivity contribution in [3.63, 3.8) is 0 Å². The Morgan fingerprint density at radius 1 is 1.18 bits per heavy atom. The van der Waals surface area contributed by atoms with E-state index < -0.39 is 6.11 Å². The van der Waals surface area contributed by atoms with Gasteiger partial charge < -0.3 is 15.2 Å². The highest BCUT2D eigenvalue weighted by atomic mass is 19.3. The number of unbranched alkanes of at least 4 members (excludes halogenated alkanes) is 1. The van der Waals surface area contributed by atoms with E-state index in [2.05, 4.69) is 46.6 Å². The average Bonchev–Trinajstić information content (AvgIpc) is 3.39. The van der Waals surface area contributed by atoms with E-state index in [0.29, 0.717) is 31.4 Å². The standard InChI is InChI=1S/C25H30F2N4O2.C6H10O/c1-4-6-7-18(5-2)23-22(19-16-29-31(17-19)14-15-32)12-13-28-24(23)30-20-8-10-21(11-9-20)33-25(3,26)27;1-3-5-6(7)4-2/h7-13,16-17,32H,4-6,14-15H2,1-3H3,(H,28,30);4H,2-3,5H2,1H3/b18-7-;. The number of benzene rings is 1. The average molecular weight is 555 g/mol. The van der Waals surface area contributed by atoms with E-state index in [1.807, 2.05) is 19.2 Å². The fourth-order valence-corrected chi connectivity index (χ4v) is 3.89. The number of carbonyl (C=O) groups is 1. The Bertz CT molecular complexity index is 1250. The molecule has 0 bridgehead atoms. The summed E-state index contributed by atoms with van der Waals surface area (Å²) in [6.07, 6.45) is 10.1. The van der Waals surface area contributed by atoms with Crippen LogP contribution in [-0.2, 0) is 11.3 Å². The summed E-state index contributed by atoms with van der Waals surface area (Å²) in [5.74, 6) is 0.895. The second kappa shape index (κ2) is 16.3. The summed E-state index contributed by atoms with van der Waals surface area (Å²) < 4.78 is 32.6. The third-order valence-electron chi connectivity index (χ3n) is 5.74. The molecule has 216 valence electrons. The van der Waals surface area contributed by atoms with Crippen LogP contribution in [0.3, 0.4) is 0 Å². The Morgan fingerprint density at radius 2 is 1.90 bits per heavy atom. The van der Waals surface area contributed by atoms with Gasteiger partial charge in [-0.05, 0) is 66.8 Å². The highest BCUT2D eigenvalue weighted by Crippen LogP contribution is 2.36. The number of aromatic nitrogens is 3. The molecular weight excluding hydrogens is 514 g/mol. The van der Waals surface area contributed by atoms with E-state index >= 15 is 0 Å². The van der Waals surface area contributed by atoms with E-state index in [1.54, 1.807) is 29.2 Å². The van der Waals surface area contributed by atoms with Gasteiger partial charge in [-0.1, -0.05) is 39.8 Å². The van der Waals surface area contributed by atoms with Gasteiger partial charge in [-0.15, -0.1) is 0 Å². The minimum atomic E-state index is -3.24. The van der Waals surface area contributed by atoms with Crippen molar-refractivity contribution in [2.45, 2.75) is 72.5 Å². The number of aliphatic hydroxyl groups is 1. The lowest BCUT2D eigenvalue weighted by Crippen LogP contribution is -2.18. The summed E-state index contributed by atoms with van der Waals surface area (Å²) >= 11 is 0. The molecule has 3 rings (SSSR count). The SMILES string of the molecule is C=CC(=O)CCC.CCC/C=C(/CC)c1c(-c2cnn(CCO)c2)ccnc1Nc1ccc(OC(C)(F)F)cc1. The zero-order chi connectivity index (χ0) is 29.5. The minimum absolute atomic E-state index is 0.0113. The van der Waals surface area contributed by atoms with Gasteiger partial charge in [0.05, 0.1) is 19.3 Å². The molecule has 0 amide bonds. The molecule has 0 aliphatic rings. The number of halogens is 2. The number of ether oxygens (including phenoxy) is 1. The lowest BCUT2D eigenvalue weighted by atomic mass is 9.94. The number of aliphatic hydroxyl groups excluding tert-OH is 1. The van der Waals surface area contributed by atoms with Crippen molar-refractivity contribution in [3.8, 4) is 16.9 Å². The minimum Gasteiger partial charge on any atom is -0.433 e. The predicted octanol–water partition coefficient (Wildman–Crippen LogP) is 7.81. The molecule has 0 radical (unpaired) electrons. The number of anilines is 2. The molecule has 2 aromatic heterocycles. The molecule has 7 nitrogen and oxygen atoms in total. The van der Waals surface area contributed by atoms with Crippen LogP contribution in [-0.4, -0.2) is 38.4 Å². The molecule has 3 aromatic rings. The van der Waals surface area contributed by atoms with Crippen LogP contribution in [0.1, 0.15) is 65.4 Å². The topological polar surface area (TPSA) is 89.3 Å². The molecular formula is C31H40F2N4O3. The van der Waals surface area contributed by atoms with Gasteiger partial charge in [-0.2, -0.15) is 13.9 Å². The summed E-state index contributed by atoms with van der Waals surface area (Å²) in [5, 5.41) is 16.9. The first-order valence-corrected chi connectivity index (χ1v) is 13.6. The second-order valence-electron chi connectivity index (χ2n) is 9.15. The smallest absolute Gasteiger partial charge is 0.394 e. The Kier molecular flexibility index (Phi) is 13.2. The molecule has 2 heterocycles. The lowest BCUT2D eigenvalue weighted by Gasteiger charge is -2.18. The van der Waals surface area contributed by atoms with E-state index in [-0.39, 0.29) is 18.1 Å². The summed E-state index contributed by atoms with van der Waals surface area (Å²) in [5.41, 5.74) is 4.73. The summed E-state index contributed by atoms with van der Waals surface area (Å²) in [7, 11) is 0.